The Morgan fingerprint density at radius 3 is 2.40 bits per heavy atom. The van der Waals surface area contributed by atoms with Gasteiger partial charge in [0.05, 0.1) is 6.10 Å². The fourth-order valence-electron chi connectivity index (χ4n) is 2.10. The molecule has 0 saturated carbocycles. The van der Waals surface area contributed by atoms with Crippen LogP contribution in [0, 0.1) is 6.92 Å². The van der Waals surface area contributed by atoms with Crippen LogP contribution in [-0.4, -0.2) is 17.0 Å². The molecule has 0 heterocycles. The Labute approximate surface area is 126 Å². The van der Waals surface area contributed by atoms with Crippen molar-refractivity contribution in [2.24, 2.45) is 0 Å². The number of hydrogen-bond donors (Lipinski definition) is 1. The van der Waals surface area contributed by atoms with Gasteiger partial charge >= 0.3 is 0 Å². The van der Waals surface area contributed by atoms with Crippen LogP contribution in [0.3, 0.4) is 0 Å². The normalized spacial score (nSPS) is 12.3. The van der Waals surface area contributed by atoms with E-state index < -0.39 is 0 Å². The number of thioether (sulfide) groups is 1. The predicted octanol–water partition coefficient (Wildman–Crippen LogP) is 4.47. The van der Waals surface area contributed by atoms with E-state index in [1.54, 1.807) is 11.8 Å². The Kier molecular flexibility index (Phi) is 6.16. The van der Waals surface area contributed by atoms with E-state index in [0.29, 0.717) is 0 Å². The van der Waals surface area contributed by atoms with Gasteiger partial charge in [-0.15, -0.1) is 11.8 Å². The fourth-order valence-corrected chi connectivity index (χ4v) is 2.98. The van der Waals surface area contributed by atoms with Crippen LogP contribution in [0.4, 0.5) is 0 Å². The third kappa shape index (κ3) is 5.40. The molecule has 1 N–H and O–H groups in total. The van der Waals surface area contributed by atoms with Crippen molar-refractivity contribution in [1.29, 1.82) is 0 Å². The van der Waals surface area contributed by atoms with Crippen LogP contribution >= 0.6 is 11.8 Å². The zero-order chi connectivity index (χ0) is 14.2. The molecule has 0 aliphatic rings. The van der Waals surface area contributed by atoms with E-state index in [1.807, 2.05) is 6.07 Å². The van der Waals surface area contributed by atoms with Crippen LogP contribution in [0.15, 0.2) is 59.5 Å². The second-order valence-corrected chi connectivity index (χ2v) is 6.25. The van der Waals surface area contributed by atoms with Crippen LogP contribution < -0.4 is 0 Å². The summed E-state index contributed by atoms with van der Waals surface area (Å²) >= 11 is 1.73. The molecule has 1 atom stereocenters. The molecular weight excluding hydrogens is 264 g/mol. The highest BCUT2D eigenvalue weighted by Gasteiger charge is 2.05. The molecule has 106 valence electrons. The Hall–Kier alpha value is -1.25. The highest BCUT2D eigenvalue weighted by Crippen LogP contribution is 2.20. The minimum atomic E-state index is -0.218. The minimum Gasteiger partial charge on any atom is -0.392 e. The standard InChI is InChI=1S/C18H22OS/c1-15-10-12-18(13-11-15)20-14-17(19)9-5-8-16-6-3-2-4-7-16/h2-4,6-7,10-13,17,19H,5,8-9,14H2,1H3. The third-order valence-electron chi connectivity index (χ3n) is 3.31. The lowest BCUT2D eigenvalue weighted by molar-refractivity contribution is 0.186. The van der Waals surface area contributed by atoms with Gasteiger partial charge in [0.25, 0.3) is 0 Å². The lowest BCUT2D eigenvalue weighted by atomic mass is 10.1. The second kappa shape index (κ2) is 8.13. The molecule has 2 heteroatoms. The first-order valence-corrected chi connectivity index (χ1v) is 8.14. The van der Waals surface area contributed by atoms with Gasteiger partial charge in [-0.25, -0.2) is 0 Å². The summed E-state index contributed by atoms with van der Waals surface area (Å²) in [5.74, 6) is 0.776. The molecule has 0 amide bonds. The topological polar surface area (TPSA) is 20.2 Å². The van der Waals surface area contributed by atoms with E-state index in [-0.39, 0.29) is 6.10 Å². The van der Waals surface area contributed by atoms with Gasteiger partial charge in [-0.05, 0) is 43.9 Å². The summed E-state index contributed by atoms with van der Waals surface area (Å²) in [6.07, 6.45) is 2.74. The van der Waals surface area contributed by atoms with E-state index in [1.165, 1.54) is 16.0 Å². The van der Waals surface area contributed by atoms with Gasteiger partial charge < -0.3 is 5.11 Å². The predicted molar refractivity (Wildman–Crippen MR) is 87.3 cm³/mol. The summed E-state index contributed by atoms with van der Waals surface area (Å²) in [6, 6.07) is 18.9. The molecular formula is C18H22OS. The van der Waals surface area contributed by atoms with Gasteiger partial charge in [0.1, 0.15) is 0 Å². The van der Waals surface area contributed by atoms with Crippen molar-refractivity contribution < 1.29 is 5.11 Å². The quantitative estimate of drug-likeness (QED) is 0.758. The van der Waals surface area contributed by atoms with Crippen LogP contribution in [0.2, 0.25) is 0 Å². The molecule has 0 radical (unpaired) electrons. The van der Waals surface area contributed by atoms with Crippen molar-refractivity contribution in [3.63, 3.8) is 0 Å². The molecule has 0 aliphatic carbocycles. The summed E-state index contributed by atoms with van der Waals surface area (Å²) in [6.45, 7) is 2.09. The molecule has 2 aromatic rings. The van der Waals surface area contributed by atoms with Crippen molar-refractivity contribution in [3.8, 4) is 0 Å². The number of benzene rings is 2. The van der Waals surface area contributed by atoms with Gasteiger partial charge in [0.15, 0.2) is 0 Å². The highest BCUT2D eigenvalue weighted by atomic mass is 32.2. The van der Waals surface area contributed by atoms with E-state index >= 15 is 0 Å². The van der Waals surface area contributed by atoms with E-state index in [4.69, 9.17) is 0 Å². The molecule has 0 fully saturated rings. The average Bonchev–Trinajstić information content (AvgIpc) is 2.48. The van der Waals surface area contributed by atoms with Crippen molar-refractivity contribution in [3.05, 3.63) is 65.7 Å². The molecule has 20 heavy (non-hydrogen) atoms. The minimum absolute atomic E-state index is 0.218. The first-order chi connectivity index (χ1) is 9.74. The number of aliphatic hydroxyl groups excluding tert-OH is 1. The second-order valence-electron chi connectivity index (χ2n) is 5.16. The molecule has 2 rings (SSSR count). The van der Waals surface area contributed by atoms with Crippen molar-refractivity contribution in [1.82, 2.24) is 0 Å². The fraction of sp³-hybridized carbons (Fsp3) is 0.333. The number of aryl methyl sites for hydroxylation is 2. The zero-order valence-electron chi connectivity index (χ0n) is 12.0. The molecule has 0 aliphatic heterocycles. The van der Waals surface area contributed by atoms with Crippen LogP contribution in [0.25, 0.3) is 0 Å². The van der Waals surface area contributed by atoms with Crippen LogP contribution in [0.1, 0.15) is 24.0 Å². The summed E-state index contributed by atoms with van der Waals surface area (Å²) in [4.78, 5) is 1.23. The van der Waals surface area contributed by atoms with Gasteiger partial charge in [-0.3, -0.25) is 0 Å². The zero-order valence-corrected chi connectivity index (χ0v) is 12.8. The number of aliphatic hydroxyl groups is 1. The smallest absolute Gasteiger partial charge is 0.0634 e. The maximum Gasteiger partial charge on any atom is 0.0634 e. The van der Waals surface area contributed by atoms with E-state index in [2.05, 4.69) is 55.5 Å². The van der Waals surface area contributed by atoms with E-state index in [9.17, 15) is 5.11 Å². The monoisotopic (exact) mass is 286 g/mol. The molecule has 0 aromatic heterocycles. The van der Waals surface area contributed by atoms with Crippen molar-refractivity contribution >= 4 is 11.8 Å². The summed E-state index contributed by atoms with van der Waals surface area (Å²) in [5, 5.41) is 10.0. The first kappa shape index (κ1) is 15.1. The van der Waals surface area contributed by atoms with Crippen molar-refractivity contribution in [2.45, 2.75) is 37.2 Å². The first-order valence-electron chi connectivity index (χ1n) is 7.15. The Morgan fingerprint density at radius 1 is 1.00 bits per heavy atom. The van der Waals surface area contributed by atoms with E-state index in [0.717, 1.165) is 25.0 Å². The third-order valence-corrected chi connectivity index (χ3v) is 4.47. The Morgan fingerprint density at radius 2 is 1.70 bits per heavy atom. The molecule has 0 spiro atoms. The van der Waals surface area contributed by atoms with Crippen LogP contribution in [-0.2, 0) is 6.42 Å². The summed E-state index contributed by atoms with van der Waals surface area (Å²) in [5.41, 5.74) is 2.63. The summed E-state index contributed by atoms with van der Waals surface area (Å²) in [7, 11) is 0. The lowest BCUT2D eigenvalue weighted by Gasteiger charge is -2.10. The Balaban J connectivity index is 1.65. The average molecular weight is 286 g/mol. The maximum atomic E-state index is 10.0. The van der Waals surface area contributed by atoms with Gasteiger partial charge in [0, 0.05) is 10.6 Å². The lowest BCUT2D eigenvalue weighted by Crippen LogP contribution is -2.10. The molecule has 0 bridgehead atoms. The highest BCUT2D eigenvalue weighted by molar-refractivity contribution is 7.99. The molecule has 2 aromatic carbocycles. The molecule has 0 saturated heterocycles. The SMILES string of the molecule is Cc1ccc(SCC(O)CCCc2ccccc2)cc1. The molecule has 1 unspecified atom stereocenters. The van der Waals surface area contributed by atoms with Crippen LogP contribution in [0.5, 0.6) is 0 Å². The van der Waals surface area contributed by atoms with Gasteiger partial charge in [0.2, 0.25) is 0 Å². The number of hydrogen-bond acceptors (Lipinski definition) is 2. The summed E-state index contributed by atoms with van der Waals surface area (Å²) < 4.78 is 0. The number of rotatable bonds is 7. The van der Waals surface area contributed by atoms with Gasteiger partial charge in [-0.1, -0.05) is 48.0 Å². The molecule has 1 nitrogen and oxygen atoms in total. The van der Waals surface area contributed by atoms with Crippen molar-refractivity contribution in [2.75, 3.05) is 5.75 Å². The maximum absolute atomic E-state index is 10.0. The largest absolute Gasteiger partial charge is 0.392 e. The Bertz CT molecular complexity index is 493. The van der Waals surface area contributed by atoms with Gasteiger partial charge in [-0.2, -0.15) is 0 Å².